The third kappa shape index (κ3) is 4.51. The second-order valence-electron chi connectivity index (χ2n) is 8.99. The highest BCUT2D eigenvalue weighted by atomic mass is 19.1. The fraction of sp³-hybridized carbons (Fsp3) is 0.375. The van der Waals surface area contributed by atoms with Gasteiger partial charge in [0.05, 0.1) is 23.6 Å². The van der Waals surface area contributed by atoms with E-state index in [1.54, 1.807) is 10.9 Å². The quantitative estimate of drug-likeness (QED) is 0.594. The number of nitrogens with zero attached hydrogens (tertiary/aromatic N) is 7. The number of halogens is 2. The third-order valence-corrected chi connectivity index (χ3v) is 6.39. The van der Waals surface area contributed by atoms with Crippen LogP contribution in [0.2, 0.25) is 0 Å². The first-order valence-electron chi connectivity index (χ1n) is 11.4. The second-order valence-corrected chi connectivity index (χ2v) is 8.99. The lowest BCUT2D eigenvalue weighted by Crippen LogP contribution is -2.57. The lowest BCUT2D eigenvalue weighted by Gasteiger charge is -2.45. The van der Waals surface area contributed by atoms with Crippen LogP contribution in [0.5, 0.6) is 5.75 Å². The van der Waals surface area contributed by atoms with Crippen LogP contribution in [0.4, 0.5) is 26.2 Å². The molecule has 0 aliphatic carbocycles. The van der Waals surface area contributed by atoms with Crippen molar-refractivity contribution < 1.29 is 13.5 Å². The first-order chi connectivity index (χ1) is 16.8. The van der Waals surface area contributed by atoms with Crippen LogP contribution < -0.4 is 20.3 Å². The zero-order valence-corrected chi connectivity index (χ0v) is 19.9. The van der Waals surface area contributed by atoms with Crippen LogP contribution in [0.1, 0.15) is 11.3 Å². The van der Waals surface area contributed by atoms with Gasteiger partial charge >= 0.3 is 0 Å². The number of anilines is 3. The van der Waals surface area contributed by atoms with Crippen molar-refractivity contribution in [2.75, 3.05) is 62.4 Å². The third-order valence-electron chi connectivity index (χ3n) is 6.39. The van der Waals surface area contributed by atoms with Gasteiger partial charge in [0.15, 0.2) is 17.4 Å². The minimum Gasteiger partial charge on any atom is -0.486 e. The first-order valence-corrected chi connectivity index (χ1v) is 11.4. The summed E-state index contributed by atoms with van der Waals surface area (Å²) >= 11 is 0. The van der Waals surface area contributed by atoms with E-state index in [2.05, 4.69) is 30.9 Å². The van der Waals surface area contributed by atoms with Crippen molar-refractivity contribution in [3.8, 4) is 11.6 Å². The van der Waals surface area contributed by atoms with E-state index in [0.717, 1.165) is 37.0 Å². The number of piperazine rings is 1. The van der Waals surface area contributed by atoms with Crippen molar-refractivity contribution in [3.63, 3.8) is 0 Å². The van der Waals surface area contributed by atoms with Crippen LogP contribution in [0.15, 0.2) is 30.5 Å². The molecule has 1 aromatic carbocycles. The Morgan fingerprint density at radius 3 is 2.83 bits per heavy atom. The van der Waals surface area contributed by atoms with Crippen molar-refractivity contribution in [3.05, 3.63) is 53.4 Å². The van der Waals surface area contributed by atoms with Crippen molar-refractivity contribution in [2.24, 2.45) is 0 Å². The highest BCUT2D eigenvalue weighted by Gasteiger charge is 2.34. The summed E-state index contributed by atoms with van der Waals surface area (Å²) in [5.74, 6) is 0.416. The Hall–Kier alpha value is -3.73. The average Bonchev–Trinajstić information content (AvgIpc) is 3.18. The predicted octanol–water partition coefficient (Wildman–Crippen LogP) is 2.49. The molecule has 4 heterocycles. The largest absolute Gasteiger partial charge is 0.486 e. The van der Waals surface area contributed by atoms with Gasteiger partial charge in [0, 0.05) is 64.0 Å². The van der Waals surface area contributed by atoms with Crippen LogP contribution in [0.3, 0.4) is 0 Å². The fourth-order valence-electron chi connectivity index (χ4n) is 4.55. The molecule has 9 nitrogen and oxygen atoms in total. The fourth-order valence-corrected chi connectivity index (χ4v) is 4.55. The van der Waals surface area contributed by atoms with Gasteiger partial charge in [-0.05, 0) is 6.92 Å². The van der Waals surface area contributed by atoms with Gasteiger partial charge in [-0.15, -0.1) is 0 Å². The number of nitrogens with two attached hydrogens (primary N) is 1. The number of rotatable bonds is 5. The number of fused-ring (bicyclic) bond motifs is 3. The molecule has 1 saturated heterocycles. The number of benzene rings is 1. The summed E-state index contributed by atoms with van der Waals surface area (Å²) in [6.45, 7) is 5.30. The Labute approximate surface area is 202 Å². The normalized spacial score (nSPS) is 17.9. The molecule has 0 radical (unpaired) electrons. The van der Waals surface area contributed by atoms with Gasteiger partial charge < -0.3 is 20.3 Å². The van der Waals surface area contributed by atoms with E-state index >= 15 is 0 Å². The molecule has 184 valence electrons. The number of aromatic nitrogens is 4. The maximum atomic E-state index is 14.1. The summed E-state index contributed by atoms with van der Waals surface area (Å²) in [7, 11) is 3.79. The van der Waals surface area contributed by atoms with Gasteiger partial charge in [-0.25, -0.2) is 13.5 Å². The molecule has 2 aliphatic heterocycles. The highest BCUT2D eigenvalue weighted by Crippen LogP contribution is 2.38. The van der Waals surface area contributed by atoms with Gasteiger partial charge in [-0.1, -0.05) is 12.2 Å². The monoisotopic (exact) mass is 482 g/mol. The summed E-state index contributed by atoms with van der Waals surface area (Å²) in [5, 5.41) is 4.49. The average molecular weight is 483 g/mol. The van der Waals surface area contributed by atoms with Crippen molar-refractivity contribution in [1.29, 1.82) is 0 Å². The van der Waals surface area contributed by atoms with Crippen molar-refractivity contribution in [1.82, 2.24) is 24.6 Å². The van der Waals surface area contributed by atoms with Crippen LogP contribution >= 0.6 is 0 Å². The van der Waals surface area contributed by atoms with Gasteiger partial charge in [0.25, 0.3) is 0 Å². The second kappa shape index (κ2) is 9.14. The van der Waals surface area contributed by atoms with Crippen LogP contribution in [0, 0.1) is 18.6 Å². The minimum absolute atomic E-state index is 0.0458. The number of hydrogen-bond donors (Lipinski definition) is 1. The molecule has 3 aromatic rings. The topological polar surface area (TPSA) is 88.6 Å². The van der Waals surface area contributed by atoms with E-state index in [-0.39, 0.29) is 17.7 Å². The Morgan fingerprint density at radius 2 is 2.03 bits per heavy atom. The molecule has 5 rings (SSSR count). The Bertz CT molecular complexity index is 1270. The van der Waals surface area contributed by atoms with Gasteiger partial charge in [-0.2, -0.15) is 15.1 Å². The summed E-state index contributed by atoms with van der Waals surface area (Å²) in [5.41, 5.74) is 8.30. The molecule has 2 aliphatic rings. The van der Waals surface area contributed by atoms with Gasteiger partial charge in [-0.3, -0.25) is 4.90 Å². The van der Waals surface area contributed by atoms with Gasteiger partial charge in [0.1, 0.15) is 18.2 Å². The minimum atomic E-state index is -0.651. The zero-order valence-electron chi connectivity index (χ0n) is 19.9. The SMILES string of the molecule is Cc1c(C=CCN2CCN3c4cc(F)cc(F)c4OCC3C2)cnn1-c1cc(N(C)C)nc(N)n1. The molecule has 0 bridgehead atoms. The summed E-state index contributed by atoms with van der Waals surface area (Å²) in [6, 6.07) is 4.11. The van der Waals surface area contributed by atoms with E-state index in [4.69, 9.17) is 10.5 Å². The Balaban J connectivity index is 1.25. The molecule has 0 amide bonds. The summed E-state index contributed by atoms with van der Waals surface area (Å²) in [6.07, 6.45) is 5.94. The molecule has 35 heavy (non-hydrogen) atoms. The molecule has 1 unspecified atom stereocenters. The summed E-state index contributed by atoms with van der Waals surface area (Å²) in [4.78, 5) is 14.8. The number of nitrogen functional groups attached to an aromatic ring is 1. The van der Waals surface area contributed by atoms with E-state index < -0.39 is 11.6 Å². The molecule has 0 saturated carbocycles. The molecule has 0 spiro atoms. The standard InChI is InChI=1S/C24H28F2N8O/c1-15-16(12-28-34(15)22-11-21(31(2)3)29-24(27)30-22)5-4-6-32-7-8-33-18(13-32)14-35-23-19(26)9-17(25)10-20(23)33/h4-5,9-12,18H,6-8,13-14H2,1-3H3,(H2,27,29,30). The van der Waals surface area contributed by atoms with Gasteiger partial charge in [0.2, 0.25) is 5.95 Å². The maximum Gasteiger partial charge on any atom is 0.224 e. The van der Waals surface area contributed by atoms with E-state index in [1.807, 2.05) is 38.1 Å². The van der Waals surface area contributed by atoms with Crippen molar-refractivity contribution >= 4 is 23.5 Å². The van der Waals surface area contributed by atoms with Crippen LogP contribution in [0.25, 0.3) is 11.9 Å². The first kappa shape index (κ1) is 23.0. The smallest absolute Gasteiger partial charge is 0.224 e. The predicted molar refractivity (Wildman–Crippen MR) is 131 cm³/mol. The molecule has 1 fully saturated rings. The van der Waals surface area contributed by atoms with E-state index in [9.17, 15) is 8.78 Å². The maximum absolute atomic E-state index is 14.1. The zero-order chi connectivity index (χ0) is 24.7. The lowest BCUT2D eigenvalue weighted by atomic mass is 10.1. The number of ether oxygens (including phenoxy) is 1. The summed E-state index contributed by atoms with van der Waals surface area (Å²) < 4.78 is 35.2. The lowest BCUT2D eigenvalue weighted by molar-refractivity contribution is 0.173. The Kier molecular flexibility index (Phi) is 6.01. The molecule has 2 N–H and O–H groups in total. The molecular formula is C24H28F2N8O. The van der Waals surface area contributed by atoms with E-state index in [0.29, 0.717) is 30.5 Å². The van der Waals surface area contributed by atoms with Crippen LogP contribution in [-0.4, -0.2) is 77.6 Å². The highest BCUT2D eigenvalue weighted by molar-refractivity contribution is 5.62. The molecule has 11 heteroatoms. The van der Waals surface area contributed by atoms with Crippen molar-refractivity contribution in [2.45, 2.75) is 13.0 Å². The Morgan fingerprint density at radius 1 is 1.20 bits per heavy atom. The number of hydrogen-bond acceptors (Lipinski definition) is 8. The molecule has 1 atom stereocenters. The van der Waals surface area contributed by atoms with E-state index in [1.165, 1.54) is 6.07 Å². The molecule has 2 aromatic heterocycles. The van der Waals surface area contributed by atoms with Crippen LogP contribution in [-0.2, 0) is 0 Å². The molecular weight excluding hydrogens is 454 g/mol.